The molecule has 0 aromatic heterocycles. The Bertz CT molecular complexity index is 655. The summed E-state index contributed by atoms with van der Waals surface area (Å²) in [6.45, 7) is 8.24. The van der Waals surface area contributed by atoms with Crippen molar-refractivity contribution in [2.75, 3.05) is 0 Å². The summed E-state index contributed by atoms with van der Waals surface area (Å²) in [7, 11) is 0. The molecule has 0 saturated carbocycles. The lowest BCUT2D eigenvalue weighted by molar-refractivity contribution is -0.124. The molecule has 0 aliphatic rings. The topological polar surface area (TPSA) is 91.2 Å². The highest BCUT2D eigenvalue weighted by atomic mass is 16.5. The fourth-order valence-electron chi connectivity index (χ4n) is 3.19. The van der Waals surface area contributed by atoms with Crippen molar-refractivity contribution in [3.8, 4) is 6.07 Å². The van der Waals surface area contributed by atoms with Gasteiger partial charge in [-0.15, -0.1) is 0 Å². The molecule has 6 nitrogen and oxygen atoms in total. The van der Waals surface area contributed by atoms with E-state index in [-0.39, 0.29) is 24.3 Å². The first-order chi connectivity index (χ1) is 13.9. The quantitative estimate of drug-likeness (QED) is 0.537. The van der Waals surface area contributed by atoms with Crippen molar-refractivity contribution < 1.29 is 14.3 Å². The van der Waals surface area contributed by atoms with Crippen LogP contribution >= 0.6 is 0 Å². The number of rotatable bonds is 12. The summed E-state index contributed by atoms with van der Waals surface area (Å²) in [5, 5.41) is 15.1. The highest BCUT2D eigenvalue weighted by molar-refractivity contribution is 5.86. The van der Waals surface area contributed by atoms with Crippen molar-refractivity contribution in [1.29, 1.82) is 5.26 Å². The van der Waals surface area contributed by atoms with Gasteiger partial charge in [0.05, 0.1) is 6.07 Å². The summed E-state index contributed by atoms with van der Waals surface area (Å²) in [5.74, 6) is -0.0340. The molecule has 0 fully saturated rings. The van der Waals surface area contributed by atoms with Crippen molar-refractivity contribution >= 4 is 12.0 Å². The zero-order valence-corrected chi connectivity index (χ0v) is 18.1. The second-order valence-corrected chi connectivity index (χ2v) is 7.81. The molecule has 160 valence electrons. The third-order valence-electron chi connectivity index (χ3n) is 4.89. The van der Waals surface area contributed by atoms with Gasteiger partial charge in [0, 0.05) is 0 Å². The van der Waals surface area contributed by atoms with E-state index in [1.165, 1.54) is 0 Å². The minimum Gasteiger partial charge on any atom is -0.445 e. The summed E-state index contributed by atoms with van der Waals surface area (Å²) in [5.41, 5.74) is 0.874. The summed E-state index contributed by atoms with van der Waals surface area (Å²) in [6.07, 6.45) is 3.61. The molecule has 2 amide bonds. The number of nitrogens with one attached hydrogen (secondary N) is 2. The Kier molecular flexibility index (Phi) is 11.5. The summed E-state index contributed by atoms with van der Waals surface area (Å²) in [6, 6.07) is 10.3. The molecule has 2 N–H and O–H groups in total. The number of hydrogen-bond donors (Lipinski definition) is 2. The normalized spacial score (nSPS) is 13.8. The largest absolute Gasteiger partial charge is 0.445 e. The van der Waals surface area contributed by atoms with E-state index in [1.54, 1.807) is 0 Å². The van der Waals surface area contributed by atoms with Gasteiger partial charge in [-0.3, -0.25) is 4.79 Å². The van der Waals surface area contributed by atoms with Gasteiger partial charge in [-0.1, -0.05) is 77.3 Å². The molecule has 2 unspecified atom stereocenters. The molecule has 1 aromatic rings. The van der Waals surface area contributed by atoms with E-state index >= 15 is 0 Å². The number of nitrogens with zero attached hydrogens (tertiary/aromatic N) is 1. The molecule has 0 aliphatic heterocycles. The van der Waals surface area contributed by atoms with Gasteiger partial charge in [-0.05, 0) is 30.2 Å². The molecular weight excluding hydrogens is 366 g/mol. The van der Waals surface area contributed by atoms with Gasteiger partial charge in [0.25, 0.3) is 0 Å². The zero-order valence-electron chi connectivity index (χ0n) is 18.1. The SMILES string of the molecule is CCCCC(CC)C(C#N)NC(=O)[C@H](CC(C)C)NC(=O)OCc1ccccc1. The lowest BCUT2D eigenvalue weighted by Crippen LogP contribution is -2.51. The molecule has 3 atom stereocenters. The minimum absolute atomic E-state index is 0.105. The molecule has 0 heterocycles. The molecule has 0 saturated heterocycles. The van der Waals surface area contributed by atoms with Crippen LogP contribution in [0.15, 0.2) is 30.3 Å². The van der Waals surface area contributed by atoms with Crippen molar-refractivity contribution in [1.82, 2.24) is 10.6 Å². The van der Waals surface area contributed by atoms with E-state index < -0.39 is 18.2 Å². The molecule has 0 radical (unpaired) electrons. The fraction of sp³-hybridized carbons (Fsp3) is 0.609. The molecular formula is C23H35N3O3. The summed E-state index contributed by atoms with van der Waals surface area (Å²) >= 11 is 0. The van der Waals surface area contributed by atoms with Gasteiger partial charge >= 0.3 is 6.09 Å². The molecule has 0 bridgehead atoms. The fourth-order valence-corrected chi connectivity index (χ4v) is 3.19. The van der Waals surface area contributed by atoms with E-state index in [0.717, 1.165) is 31.2 Å². The van der Waals surface area contributed by atoms with Crippen LogP contribution in [0.1, 0.15) is 65.4 Å². The molecule has 0 spiro atoms. The molecule has 1 aromatic carbocycles. The Balaban J connectivity index is 2.70. The van der Waals surface area contributed by atoms with Crippen LogP contribution in [-0.4, -0.2) is 24.1 Å². The number of carbonyl (C=O) groups is 2. The van der Waals surface area contributed by atoms with Crippen molar-refractivity contribution in [3.63, 3.8) is 0 Å². The maximum absolute atomic E-state index is 12.8. The summed E-state index contributed by atoms with van der Waals surface area (Å²) < 4.78 is 5.25. The first-order valence-corrected chi connectivity index (χ1v) is 10.6. The first kappa shape index (κ1) is 24.5. The number of benzene rings is 1. The number of unbranched alkanes of at least 4 members (excludes halogenated alkanes) is 1. The monoisotopic (exact) mass is 401 g/mol. The van der Waals surface area contributed by atoms with Crippen molar-refractivity contribution in [2.45, 2.75) is 78.5 Å². The molecule has 29 heavy (non-hydrogen) atoms. The molecule has 1 rings (SSSR count). The lowest BCUT2D eigenvalue weighted by atomic mass is 9.91. The van der Waals surface area contributed by atoms with Gasteiger partial charge in [0.15, 0.2) is 0 Å². The Hall–Kier alpha value is -2.55. The predicted molar refractivity (Wildman–Crippen MR) is 114 cm³/mol. The van der Waals surface area contributed by atoms with Gasteiger partial charge in [0.2, 0.25) is 5.91 Å². The number of carbonyl (C=O) groups excluding carboxylic acids is 2. The van der Waals surface area contributed by atoms with Gasteiger partial charge < -0.3 is 15.4 Å². The van der Waals surface area contributed by atoms with Crippen molar-refractivity contribution in [3.05, 3.63) is 35.9 Å². The van der Waals surface area contributed by atoms with E-state index in [1.807, 2.05) is 51.1 Å². The number of hydrogen-bond acceptors (Lipinski definition) is 4. The van der Waals surface area contributed by atoms with Crippen LogP contribution in [0.3, 0.4) is 0 Å². The van der Waals surface area contributed by atoms with Crippen molar-refractivity contribution in [2.24, 2.45) is 11.8 Å². The van der Waals surface area contributed by atoms with E-state index in [4.69, 9.17) is 4.74 Å². The first-order valence-electron chi connectivity index (χ1n) is 10.6. The van der Waals surface area contributed by atoms with E-state index in [0.29, 0.717) is 6.42 Å². The highest BCUT2D eigenvalue weighted by Crippen LogP contribution is 2.17. The smallest absolute Gasteiger partial charge is 0.408 e. The standard InChI is InChI=1S/C23H35N3O3/c1-5-7-13-19(6-2)21(15-24)25-22(27)20(14-17(3)4)26-23(28)29-16-18-11-9-8-10-12-18/h8-12,17,19-21H,5-7,13-14,16H2,1-4H3,(H,25,27)(H,26,28)/t19?,20-,21?/m0/s1. The van der Waals surface area contributed by atoms with E-state index in [2.05, 4.69) is 23.6 Å². The van der Waals surface area contributed by atoms with Crippen LogP contribution in [0.25, 0.3) is 0 Å². The van der Waals surface area contributed by atoms with Gasteiger partial charge in [-0.25, -0.2) is 4.79 Å². The predicted octanol–water partition coefficient (Wildman–Crippen LogP) is 4.55. The lowest BCUT2D eigenvalue weighted by Gasteiger charge is -2.25. The van der Waals surface area contributed by atoms with Crippen LogP contribution in [0.5, 0.6) is 0 Å². The van der Waals surface area contributed by atoms with Gasteiger partial charge in [0.1, 0.15) is 18.7 Å². The van der Waals surface area contributed by atoms with Gasteiger partial charge in [-0.2, -0.15) is 5.26 Å². The average molecular weight is 402 g/mol. The number of alkyl carbamates (subject to hydrolysis) is 1. The van der Waals surface area contributed by atoms with Crippen LogP contribution in [0.2, 0.25) is 0 Å². The third kappa shape index (κ3) is 9.47. The second-order valence-electron chi connectivity index (χ2n) is 7.81. The number of ether oxygens (including phenoxy) is 1. The second kappa shape index (κ2) is 13.6. The highest BCUT2D eigenvalue weighted by Gasteiger charge is 2.27. The Morgan fingerprint density at radius 3 is 2.38 bits per heavy atom. The summed E-state index contributed by atoms with van der Waals surface area (Å²) in [4.78, 5) is 25.0. The van der Waals surface area contributed by atoms with E-state index in [9.17, 15) is 14.9 Å². The Morgan fingerprint density at radius 1 is 1.14 bits per heavy atom. The van der Waals surface area contributed by atoms with Crippen LogP contribution in [0.4, 0.5) is 4.79 Å². The maximum atomic E-state index is 12.8. The maximum Gasteiger partial charge on any atom is 0.408 e. The zero-order chi connectivity index (χ0) is 21.6. The number of amides is 2. The van der Waals surface area contributed by atoms with Crippen LogP contribution in [-0.2, 0) is 16.1 Å². The average Bonchev–Trinajstić information content (AvgIpc) is 2.71. The van der Waals surface area contributed by atoms with Crippen LogP contribution in [0, 0.1) is 23.2 Å². The number of nitriles is 1. The third-order valence-corrected chi connectivity index (χ3v) is 4.89. The molecule has 6 heteroatoms. The Morgan fingerprint density at radius 2 is 1.83 bits per heavy atom. The minimum atomic E-state index is -0.738. The Labute approximate surface area is 175 Å². The van der Waals surface area contributed by atoms with Crippen LogP contribution < -0.4 is 10.6 Å². The molecule has 0 aliphatic carbocycles.